The van der Waals surface area contributed by atoms with Crippen molar-refractivity contribution in [2.24, 2.45) is 0 Å². The minimum atomic E-state index is 0. The van der Waals surface area contributed by atoms with E-state index in [0.717, 1.165) is 19.6 Å². The van der Waals surface area contributed by atoms with Gasteiger partial charge in [-0.2, -0.15) is 0 Å². The molecular weight excluding hydrogens is 244 g/mol. The van der Waals surface area contributed by atoms with Crippen molar-refractivity contribution in [3.63, 3.8) is 0 Å². The van der Waals surface area contributed by atoms with Gasteiger partial charge in [-0.1, -0.05) is 20.8 Å². The Labute approximate surface area is 109 Å². The van der Waals surface area contributed by atoms with Crippen LogP contribution >= 0.6 is 24.2 Å². The fourth-order valence-electron chi connectivity index (χ4n) is 1.57. The average molecular weight is 267 g/mol. The SMILES string of the molecule is C[C@@H]1CNCCN1C(=O)CSC(C)(C)C.Cl. The van der Waals surface area contributed by atoms with Gasteiger partial charge in [0.2, 0.25) is 5.91 Å². The van der Waals surface area contributed by atoms with Crippen LogP contribution in [0.4, 0.5) is 0 Å². The summed E-state index contributed by atoms with van der Waals surface area (Å²) in [6, 6.07) is 0.340. The van der Waals surface area contributed by atoms with Crippen LogP contribution in [0.25, 0.3) is 0 Å². The second-order valence-corrected chi connectivity index (χ2v) is 6.84. The van der Waals surface area contributed by atoms with Crippen LogP contribution in [0.1, 0.15) is 27.7 Å². The molecule has 1 saturated heterocycles. The van der Waals surface area contributed by atoms with Gasteiger partial charge in [0.1, 0.15) is 0 Å². The highest BCUT2D eigenvalue weighted by molar-refractivity contribution is 8.01. The molecule has 0 aromatic heterocycles. The van der Waals surface area contributed by atoms with Gasteiger partial charge in [0, 0.05) is 30.4 Å². The number of amides is 1. The van der Waals surface area contributed by atoms with E-state index in [1.807, 2.05) is 4.90 Å². The van der Waals surface area contributed by atoms with Crippen molar-refractivity contribution in [2.45, 2.75) is 38.5 Å². The summed E-state index contributed by atoms with van der Waals surface area (Å²) in [5, 5.41) is 3.29. The Morgan fingerprint density at radius 3 is 2.62 bits per heavy atom. The summed E-state index contributed by atoms with van der Waals surface area (Å²) in [5.74, 6) is 0.886. The predicted molar refractivity (Wildman–Crippen MR) is 73.5 cm³/mol. The first-order valence-electron chi connectivity index (χ1n) is 5.54. The highest BCUT2D eigenvalue weighted by atomic mass is 35.5. The Balaban J connectivity index is 0.00000225. The minimum absolute atomic E-state index is 0. The van der Waals surface area contributed by atoms with Crippen LogP contribution in [-0.2, 0) is 4.79 Å². The maximum Gasteiger partial charge on any atom is 0.232 e. The average Bonchev–Trinajstić information content (AvgIpc) is 2.14. The lowest BCUT2D eigenvalue weighted by Gasteiger charge is -2.34. The fraction of sp³-hybridized carbons (Fsp3) is 0.909. The number of carbonyl (C=O) groups excluding carboxylic acids is 1. The normalized spacial score (nSPS) is 21.5. The maximum atomic E-state index is 11.9. The van der Waals surface area contributed by atoms with E-state index in [2.05, 4.69) is 33.0 Å². The third kappa shape index (κ3) is 5.41. The molecule has 1 N–H and O–H groups in total. The van der Waals surface area contributed by atoms with Crippen LogP contribution < -0.4 is 5.32 Å². The van der Waals surface area contributed by atoms with E-state index < -0.39 is 0 Å². The molecule has 1 amide bonds. The Morgan fingerprint density at radius 1 is 1.50 bits per heavy atom. The summed E-state index contributed by atoms with van der Waals surface area (Å²) in [6.45, 7) is 11.2. The lowest BCUT2D eigenvalue weighted by atomic mass is 10.2. The molecule has 0 saturated carbocycles. The van der Waals surface area contributed by atoms with Crippen LogP contribution in [0.3, 0.4) is 0 Å². The molecule has 96 valence electrons. The predicted octanol–water partition coefficient (Wildman–Crippen LogP) is 1.76. The maximum absolute atomic E-state index is 11.9. The number of nitrogens with zero attached hydrogens (tertiary/aromatic N) is 1. The zero-order valence-electron chi connectivity index (χ0n) is 10.6. The molecule has 0 aliphatic carbocycles. The molecule has 0 unspecified atom stereocenters. The molecule has 0 spiro atoms. The van der Waals surface area contributed by atoms with Gasteiger partial charge in [-0.3, -0.25) is 4.79 Å². The van der Waals surface area contributed by atoms with Gasteiger partial charge in [0.15, 0.2) is 0 Å². The molecule has 1 aliphatic rings. The Bertz CT molecular complexity index is 231. The van der Waals surface area contributed by atoms with E-state index in [9.17, 15) is 4.79 Å². The first-order chi connectivity index (χ1) is 6.90. The molecule has 1 fully saturated rings. The van der Waals surface area contributed by atoms with Gasteiger partial charge in [0.25, 0.3) is 0 Å². The molecule has 5 heteroatoms. The Morgan fingerprint density at radius 2 is 2.12 bits per heavy atom. The number of thioether (sulfide) groups is 1. The number of piperazine rings is 1. The summed E-state index contributed by atoms with van der Waals surface area (Å²) >= 11 is 1.73. The molecule has 3 nitrogen and oxygen atoms in total. The molecule has 0 aromatic rings. The lowest BCUT2D eigenvalue weighted by molar-refractivity contribution is -0.131. The van der Waals surface area contributed by atoms with Crippen molar-refractivity contribution >= 4 is 30.1 Å². The zero-order chi connectivity index (χ0) is 11.5. The van der Waals surface area contributed by atoms with Crippen LogP contribution in [0.15, 0.2) is 0 Å². The summed E-state index contributed by atoms with van der Waals surface area (Å²) < 4.78 is 0.174. The molecule has 1 rings (SSSR count). The Kier molecular flexibility index (Phi) is 6.75. The molecule has 1 atom stereocenters. The molecule has 0 aromatic carbocycles. The van der Waals surface area contributed by atoms with Gasteiger partial charge in [0.05, 0.1) is 5.75 Å². The van der Waals surface area contributed by atoms with Crippen molar-refractivity contribution in [3.05, 3.63) is 0 Å². The number of nitrogens with one attached hydrogen (secondary N) is 1. The fourth-order valence-corrected chi connectivity index (χ4v) is 2.30. The second-order valence-electron chi connectivity index (χ2n) is 5.04. The van der Waals surface area contributed by atoms with Crippen molar-refractivity contribution < 1.29 is 4.79 Å². The monoisotopic (exact) mass is 266 g/mol. The van der Waals surface area contributed by atoms with E-state index in [1.165, 1.54) is 0 Å². The summed E-state index contributed by atoms with van der Waals surface area (Å²) in [5.41, 5.74) is 0. The molecular formula is C11H23ClN2OS. The van der Waals surface area contributed by atoms with Crippen molar-refractivity contribution in [1.29, 1.82) is 0 Å². The first kappa shape index (κ1) is 16.1. The molecule has 1 aliphatic heterocycles. The number of halogens is 1. The zero-order valence-corrected chi connectivity index (χ0v) is 12.2. The third-order valence-corrected chi connectivity index (χ3v) is 3.71. The van der Waals surface area contributed by atoms with E-state index >= 15 is 0 Å². The van der Waals surface area contributed by atoms with Gasteiger partial charge in [-0.05, 0) is 6.92 Å². The summed E-state index contributed by atoms with van der Waals surface area (Å²) in [6.07, 6.45) is 0. The highest BCUT2D eigenvalue weighted by Gasteiger charge is 2.24. The van der Waals surface area contributed by atoms with Gasteiger partial charge >= 0.3 is 0 Å². The van der Waals surface area contributed by atoms with Crippen LogP contribution in [0.2, 0.25) is 0 Å². The molecule has 0 radical (unpaired) electrons. The van der Waals surface area contributed by atoms with Gasteiger partial charge in [-0.15, -0.1) is 24.2 Å². The standard InChI is InChI=1S/C11H22N2OS.ClH/c1-9-7-12-5-6-13(9)10(14)8-15-11(2,3)4;/h9,12H,5-8H2,1-4H3;1H/t9-;/m1./s1. The summed E-state index contributed by atoms with van der Waals surface area (Å²) in [4.78, 5) is 13.9. The van der Waals surface area contributed by atoms with Gasteiger partial charge in [-0.25, -0.2) is 0 Å². The largest absolute Gasteiger partial charge is 0.337 e. The van der Waals surface area contributed by atoms with Crippen molar-refractivity contribution in [1.82, 2.24) is 10.2 Å². The molecule has 0 bridgehead atoms. The number of carbonyl (C=O) groups is 1. The topological polar surface area (TPSA) is 32.3 Å². The minimum Gasteiger partial charge on any atom is -0.337 e. The number of hydrogen-bond donors (Lipinski definition) is 1. The first-order valence-corrected chi connectivity index (χ1v) is 6.53. The van der Waals surface area contributed by atoms with Crippen LogP contribution in [-0.4, -0.2) is 47.0 Å². The second kappa shape index (κ2) is 6.72. The van der Waals surface area contributed by atoms with Crippen LogP contribution in [0.5, 0.6) is 0 Å². The van der Waals surface area contributed by atoms with Crippen molar-refractivity contribution in [2.75, 3.05) is 25.4 Å². The van der Waals surface area contributed by atoms with E-state index in [-0.39, 0.29) is 23.1 Å². The van der Waals surface area contributed by atoms with E-state index in [1.54, 1.807) is 11.8 Å². The number of rotatable bonds is 2. The smallest absolute Gasteiger partial charge is 0.232 e. The molecule has 16 heavy (non-hydrogen) atoms. The number of hydrogen-bond acceptors (Lipinski definition) is 3. The molecule has 1 heterocycles. The lowest BCUT2D eigenvalue weighted by Crippen LogP contribution is -2.52. The van der Waals surface area contributed by atoms with E-state index in [4.69, 9.17) is 0 Å². The van der Waals surface area contributed by atoms with E-state index in [0.29, 0.717) is 11.8 Å². The van der Waals surface area contributed by atoms with Gasteiger partial charge < -0.3 is 10.2 Å². The Hall–Kier alpha value is 0.0700. The van der Waals surface area contributed by atoms with Crippen LogP contribution in [0, 0.1) is 0 Å². The highest BCUT2D eigenvalue weighted by Crippen LogP contribution is 2.23. The summed E-state index contributed by atoms with van der Waals surface area (Å²) in [7, 11) is 0. The quantitative estimate of drug-likeness (QED) is 0.827. The van der Waals surface area contributed by atoms with Crippen molar-refractivity contribution in [3.8, 4) is 0 Å². The third-order valence-electron chi connectivity index (χ3n) is 2.45.